The number of rotatable bonds is 4. The molecule has 0 spiro atoms. The number of hydrogen-bond acceptors (Lipinski definition) is 3. The van der Waals surface area contributed by atoms with Gasteiger partial charge in [0.1, 0.15) is 6.04 Å². The Bertz CT molecular complexity index is 493. The van der Waals surface area contributed by atoms with Gasteiger partial charge in [-0.05, 0) is 37.2 Å². The third-order valence-electron chi connectivity index (χ3n) is 3.53. The molecule has 1 atom stereocenters. The van der Waals surface area contributed by atoms with E-state index >= 15 is 0 Å². The Balaban J connectivity index is 2.16. The molecule has 0 aliphatic heterocycles. The molecule has 0 fully saturated rings. The van der Waals surface area contributed by atoms with Crippen molar-refractivity contribution >= 4 is 23.2 Å². The Morgan fingerprint density at radius 2 is 2.00 bits per heavy atom. The minimum Gasteiger partial charge on any atom is -0.480 e. The molecule has 1 aromatic heterocycles. The van der Waals surface area contributed by atoms with E-state index in [0.29, 0.717) is 5.56 Å². The van der Waals surface area contributed by atoms with Crippen molar-refractivity contribution in [2.75, 3.05) is 0 Å². The number of hydrogen-bond donors (Lipinski definition) is 2. The maximum atomic E-state index is 12.2. The zero-order valence-electron chi connectivity index (χ0n) is 11.2. The molecular weight excluding hydrogens is 262 g/mol. The Hall–Kier alpha value is -1.36. The molecule has 1 aliphatic rings. The van der Waals surface area contributed by atoms with Gasteiger partial charge in [0.25, 0.3) is 5.91 Å². The number of carboxylic acid groups (broad SMARTS) is 1. The third-order valence-corrected chi connectivity index (χ3v) is 4.61. The molecule has 104 valence electrons. The first-order chi connectivity index (χ1) is 9.00. The van der Waals surface area contributed by atoms with E-state index in [1.807, 2.05) is 5.38 Å². The first kappa shape index (κ1) is 14.1. The molecule has 4 nitrogen and oxygen atoms in total. The molecule has 0 bridgehead atoms. The van der Waals surface area contributed by atoms with Gasteiger partial charge in [0.05, 0.1) is 5.56 Å². The number of aryl methyl sites for hydroxylation is 1. The van der Waals surface area contributed by atoms with Gasteiger partial charge in [0.2, 0.25) is 0 Å². The monoisotopic (exact) mass is 281 g/mol. The summed E-state index contributed by atoms with van der Waals surface area (Å²) in [5.41, 5.74) is 1.80. The van der Waals surface area contributed by atoms with Crippen LogP contribution in [-0.4, -0.2) is 23.0 Å². The van der Waals surface area contributed by atoms with Gasteiger partial charge in [-0.3, -0.25) is 4.79 Å². The normalized spacial score (nSPS) is 15.9. The maximum absolute atomic E-state index is 12.2. The van der Waals surface area contributed by atoms with Crippen LogP contribution < -0.4 is 5.32 Å². The minimum absolute atomic E-state index is 0.129. The van der Waals surface area contributed by atoms with Crippen LogP contribution in [0.5, 0.6) is 0 Å². The predicted molar refractivity (Wildman–Crippen MR) is 74.7 cm³/mol. The first-order valence-corrected chi connectivity index (χ1v) is 7.51. The largest absolute Gasteiger partial charge is 0.480 e. The van der Waals surface area contributed by atoms with Crippen LogP contribution in [0.15, 0.2) is 5.38 Å². The SMILES string of the molecule is CC(C)C(NC(=O)c1csc2c1CCCC2)C(=O)O. The second-order valence-corrected chi connectivity index (χ2v) is 6.26. The maximum Gasteiger partial charge on any atom is 0.326 e. The summed E-state index contributed by atoms with van der Waals surface area (Å²) < 4.78 is 0. The number of aliphatic carboxylic acids is 1. The van der Waals surface area contributed by atoms with E-state index in [9.17, 15) is 9.59 Å². The van der Waals surface area contributed by atoms with E-state index in [4.69, 9.17) is 5.11 Å². The molecule has 1 aromatic rings. The molecule has 5 heteroatoms. The molecule has 1 aliphatic carbocycles. The fourth-order valence-corrected chi connectivity index (χ4v) is 3.54. The van der Waals surface area contributed by atoms with Crippen molar-refractivity contribution in [3.05, 3.63) is 21.4 Å². The minimum atomic E-state index is -0.979. The summed E-state index contributed by atoms with van der Waals surface area (Å²) in [6.07, 6.45) is 4.26. The van der Waals surface area contributed by atoms with Gasteiger partial charge in [-0.25, -0.2) is 4.79 Å². The third kappa shape index (κ3) is 2.97. The lowest BCUT2D eigenvalue weighted by atomic mass is 9.95. The van der Waals surface area contributed by atoms with E-state index in [0.717, 1.165) is 24.8 Å². The van der Waals surface area contributed by atoms with Gasteiger partial charge in [0.15, 0.2) is 0 Å². The van der Waals surface area contributed by atoms with Gasteiger partial charge in [-0.1, -0.05) is 13.8 Å². The summed E-state index contributed by atoms with van der Waals surface area (Å²) in [6.45, 7) is 3.59. The van der Waals surface area contributed by atoms with Gasteiger partial charge in [0, 0.05) is 10.3 Å². The Labute approximate surface area is 116 Å². The van der Waals surface area contributed by atoms with Crippen LogP contribution in [0.2, 0.25) is 0 Å². The number of thiophene rings is 1. The molecular formula is C14H19NO3S. The highest BCUT2D eigenvalue weighted by atomic mass is 32.1. The Morgan fingerprint density at radius 3 is 2.63 bits per heavy atom. The van der Waals surface area contributed by atoms with E-state index < -0.39 is 12.0 Å². The van der Waals surface area contributed by atoms with Crippen LogP contribution in [-0.2, 0) is 17.6 Å². The van der Waals surface area contributed by atoms with Crippen molar-refractivity contribution in [2.24, 2.45) is 5.92 Å². The lowest BCUT2D eigenvalue weighted by Crippen LogP contribution is -2.44. The predicted octanol–water partition coefficient (Wildman–Crippen LogP) is 2.47. The van der Waals surface area contributed by atoms with Crippen molar-refractivity contribution in [3.8, 4) is 0 Å². The second-order valence-electron chi connectivity index (χ2n) is 5.29. The average molecular weight is 281 g/mol. The summed E-state index contributed by atoms with van der Waals surface area (Å²) in [4.78, 5) is 24.6. The van der Waals surface area contributed by atoms with Crippen LogP contribution >= 0.6 is 11.3 Å². The van der Waals surface area contributed by atoms with Crippen LogP contribution in [0.3, 0.4) is 0 Å². The lowest BCUT2D eigenvalue weighted by Gasteiger charge is -2.19. The van der Waals surface area contributed by atoms with E-state index in [2.05, 4.69) is 5.32 Å². The Morgan fingerprint density at radius 1 is 1.32 bits per heavy atom. The summed E-state index contributed by atoms with van der Waals surface area (Å²) in [6, 6.07) is -0.827. The average Bonchev–Trinajstić information content (AvgIpc) is 2.78. The highest BCUT2D eigenvalue weighted by Crippen LogP contribution is 2.30. The lowest BCUT2D eigenvalue weighted by molar-refractivity contribution is -0.140. The van der Waals surface area contributed by atoms with Crippen molar-refractivity contribution in [1.82, 2.24) is 5.32 Å². The quantitative estimate of drug-likeness (QED) is 0.891. The fourth-order valence-electron chi connectivity index (χ4n) is 2.42. The van der Waals surface area contributed by atoms with E-state index in [1.165, 1.54) is 11.3 Å². The summed E-state index contributed by atoms with van der Waals surface area (Å²) in [5, 5.41) is 13.6. The van der Waals surface area contributed by atoms with Crippen molar-refractivity contribution in [2.45, 2.75) is 45.6 Å². The number of fused-ring (bicyclic) bond motifs is 1. The summed E-state index contributed by atoms with van der Waals surface area (Å²) >= 11 is 1.62. The van der Waals surface area contributed by atoms with Crippen LogP contribution in [0.25, 0.3) is 0 Å². The van der Waals surface area contributed by atoms with Crippen molar-refractivity contribution in [3.63, 3.8) is 0 Å². The van der Waals surface area contributed by atoms with Gasteiger partial charge < -0.3 is 10.4 Å². The number of carbonyl (C=O) groups excluding carboxylic acids is 1. The topological polar surface area (TPSA) is 66.4 Å². The number of nitrogens with one attached hydrogen (secondary N) is 1. The summed E-state index contributed by atoms with van der Waals surface area (Å²) in [5.74, 6) is -1.36. The molecule has 1 unspecified atom stereocenters. The number of amides is 1. The standard InChI is InChI=1S/C14H19NO3S/c1-8(2)12(14(17)18)15-13(16)10-7-19-11-6-4-3-5-9(10)11/h7-8,12H,3-6H2,1-2H3,(H,15,16)(H,17,18). The van der Waals surface area contributed by atoms with E-state index in [-0.39, 0.29) is 11.8 Å². The first-order valence-electron chi connectivity index (χ1n) is 6.63. The van der Waals surface area contributed by atoms with Crippen molar-refractivity contribution in [1.29, 1.82) is 0 Å². The molecule has 1 heterocycles. The summed E-state index contributed by atoms with van der Waals surface area (Å²) in [7, 11) is 0. The zero-order valence-corrected chi connectivity index (χ0v) is 12.0. The fraction of sp³-hybridized carbons (Fsp3) is 0.571. The molecule has 2 N–H and O–H groups in total. The zero-order chi connectivity index (χ0) is 14.0. The van der Waals surface area contributed by atoms with Gasteiger partial charge in [-0.2, -0.15) is 0 Å². The smallest absolute Gasteiger partial charge is 0.326 e. The number of carbonyl (C=O) groups is 2. The van der Waals surface area contributed by atoms with Gasteiger partial charge >= 0.3 is 5.97 Å². The molecule has 0 aromatic carbocycles. The van der Waals surface area contributed by atoms with Crippen LogP contribution in [0.1, 0.15) is 47.5 Å². The Kier molecular flexibility index (Phi) is 4.24. The highest BCUT2D eigenvalue weighted by Gasteiger charge is 2.26. The van der Waals surface area contributed by atoms with Crippen molar-refractivity contribution < 1.29 is 14.7 Å². The van der Waals surface area contributed by atoms with Gasteiger partial charge in [-0.15, -0.1) is 11.3 Å². The molecule has 0 radical (unpaired) electrons. The van der Waals surface area contributed by atoms with Crippen LogP contribution in [0, 0.1) is 5.92 Å². The molecule has 0 saturated carbocycles. The molecule has 2 rings (SSSR count). The molecule has 19 heavy (non-hydrogen) atoms. The van der Waals surface area contributed by atoms with Crippen LogP contribution in [0.4, 0.5) is 0 Å². The molecule has 1 amide bonds. The van der Waals surface area contributed by atoms with E-state index in [1.54, 1.807) is 25.2 Å². The number of carboxylic acids is 1. The molecule has 0 saturated heterocycles. The highest BCUT2D eigenvalue weighted by molar-refractivity contribution is 7.10. The second kappa shape index (κ2) is 5.74.